The Morgan fingerprint density at radius 2 is 1.60 bits per heavy atom. The Bertz CT molecular complexity index is 192. The van der Waals surface area contributed by atoms with E-state index in [1.54, 1.807) is 19.0 Å². The average Bonchev–Trinajstić information content (AvgIpc) is 1.98. The second-order valence-electron chi connectivity index (χ2n) is 4.39. The summed E-state index contributed by atoms with van der Waals surface area (Å²) in [6.45, 7) is 4.24. The molecule has 0 heterocycles. The molecule has 0 saturated heterocycles. The Kier molecular flexibility index (Phi) is 5.37. The van der Waals surface area contributed by atoms with E-state index in [9.17, 15) is 13.2 Å². The predicted octanol–water partition coefficient (Wildman–Crippen LogP) is 2.73. The number of hydrogen-bond donors (Lipinski definition) is 0. The van der Waals surface area contributed by atoms with E-state index in [4.69, 9.17) is 11.8 Å². The molecule has 0 unspecified atom stereocenters. The van der Waals surface area contributed by atoms with Crippen LogP contribution in [-0.2, 0) is 0 Å². The van der Waals surface area contributed by atoms with Gasteiger partial charge in [0.25, 0.3) is 0 Å². The van der Waals surface area contributed by atoms with Crippen LogP contribution in [0.25, 0.3) is 0 Å². The molecule has 0 N–H and O–H groups in total. The van der Waals surface area contributed by atoms with E-state index in [0.29, 0.717) is 6.54 Å². The molecule has 0 saturated carbocycles. The van der Waals surface area contributed by atoms with Crippen LogP contribution in [0, 0.1) is 0 Å². The molecule has 0 bridgehead atoms. The van der Waals surface area contributed by atoms with Gasteiger partial charge < -0.3 is 4.90 Å². The summed E-state index contributed by atoms with van der Waals surface area (Å²) >= 11 is 5.79. The zero-order valence-electron chi connectivity index (χ0n) is 9.53. The van der Waals surface area contributed by atoms with Crippen molar-refractivity contribution in [1.82, 2.24) is 9.32 Å². The molecule has 0 aliphatic heterocycles. The van der Waals surface area contributed by atoms with Crippen LogP contribution in [0.2, 0.25) is 0 Å². The van der Waals surface area contributed by atoms with Crippen LogP contribution < -0.4 is 0 Å². The van der Waals surface area contributed by atoms with Crippen molar-refractivity contribution in [2.24, 2.45) is 0 Å². The van der Waals surface area contributed by atoms with E-state index < -0.39 is 12.6 Å². The van der Waals surface area contributed by atoms with Gasteiger partial charge in [0.2, 0.25) is 0 Å². The summed E-state index contributed by atoms with van der Waals surface area (Å²) < 4.78 is 37.3. The minimum atomic E-state index is -4.09. The number of hydrogen-bond acceptors (Lipinski definition) is 2. The van der Waals surface area contributed by atoms with Crippen molar-refractivity contribution in [3.8, 4) is 0 Å². The van der Waals surface area contributed by atoms with E-state index in [1.807, 2.05) is 13.8 Å². The van der Waals surface area contributed by atoms with E-state index in [-0.39, 0.29) is 12.1 Å². The van der Waals surface area contributed by atoms with Crippen molar-refractivity contribution < 1.29 is 13.2 Å². The van der Waals surface area contributed by atoms with Crippen LogP contribution >= 0.6 is 11.8 Å². The van der Waals surface area contributed by atoms with Crippen LogP contribution in [-0.4, -0.2) is 48.2 Å². The van der Waals surface area contributed by atoms with Gasteiger partial charge in [-0.1, -0.05) is 0 Å². The molecule has 92 valence electrons. The molecule has 0 aromatic heterocycles. The molecule has 0 aliphatic carbocycles. The smallest absolute Gasteiger partial charge is 0.304 e. The van der Waals surface area contributed by atoms with Crippen molar-refractivity contribution in [3.05, 3.63) is 0 Å². The van der Waals surface area contributed by atoms with E-state index in [2.05, 4.69) is 0 Å². The molecule has 0 aromatic carbocycles. The first-order valence-electron chi connectivity index (χ1n) is 4.69. The van der Waals surface area contributed by atoms with Gasteiger partial charge in [-0.15, -0.1) is 0 Å². The summed E-state index contributed by atoms with van der Waals surface area (Å²) in [7, 11) is 3.35. The van der Waals surface area contributed by atoms with E-state index in [0.717, 1.165) is 0 Å². The average molecular weight is 247 g/mol. The number of likely N-dealkylation sites (N-methyl/N-ethyl adjacent to an activating group) is 2. The number of halogens is 4. The van der Waals surface area contributed by atoms with Gasteiger partial charge in [0.05, 0.1) is 6.42 Å². The summed E-state index contributed by atoms with van der Waals surface area (Å²) in [5.74, 6) is 0. The highest BCUT2D eigenvalue weighted by atomic mass is 35.5. The summed E-state index contributed by atoms with van der Waals surface area (Å²) in [6.07, 6.45) is -4.88. The monoisotopic (exact) mass is 246 g/mol. The molecule has 0 aromatic rings. The minimum absolute atomic E-state index is 0.00232. The van der Waals surface area contributed by atoms with Crippen LogP contribution in [0.3, 0.4) is 0 Å². The largest absolute Gasteiger partial charge is 0.390 e. The SMILES string of the molecule is CN(CCC(F)(F)F)CC(C)(C)N(C)Cl. The summed E-state index contributed by atoms with van der Waals surface area (Å²) in [4.78, 5) is 1.63. The highest BCUT2D eigenvalue weighted by Gasteiger charge is 2.29. The standard InChI is InChI=1S/C9H18ClF3N2/c1-8(2,15(4)10)7-14(3)6-5-9(11,12)13/h5-7H2,1-4H3. The summed E-state index contributed by atoms with van der Waals surface area (Å²) in [5.41, 5.74) is -0.345. The molecule has 0 amide bonds. The molecule has 0 aliphatic rings. The topological polar surface area (TPSA) is 6.48 Å². The van der Waals surface area contributed by atoms with Crippen molar-refractivity contribution in [3.63, 3.8) is 0 Å². The first-order chi connectivity index (χ1) is 6.54. The normalized spacial score (nSPS) is 14.0. The maximum Gasteiger partial charge on any atom is 0.390 e. The molecular weight excluding hydrogens is 229 g/mol. The van der Waals surface area contributed by atoms with Gasteiger partial charge >= 0.3 is 6.18 Å². The van der Waals surface area contributed by atoms with Gasteiger partial charge in [-0.2, -0.15) is 13.2 Å². The molecule has 15 heavy (non-hydrogen) atoms. The number of nitrogens with zero attached hydrogens (tertiary/aromatic N) is 2. The van der Waals surface area contributed by atoms with Crippen LogP contribution in [0.15, 0.2) is 0 Å². The molecule has 0 fully saturated rings. The Labute approximate surface area is 94.1 Å². The third kappa shape index (κ3) is 6.98. The highest BCUT2D eigenvalue weighted by molar-refractivity contribution is 6.13. The molecule has 2 nitrogen and oxygen atoms in total. The molecule has 0 atom stereocenters. The van der Waals surface area contributed by atoms with Gasteiger partial charge in [0.1, 0.15) is 0 Å². The van der Waals surface area contributed by atoms with Crippen LogP contribution in [0.4, 0.5) is 13.2 Å². The Hall–Kier alpha value is 0. The summed E-state index contributed by atoms with van der Waals surface area (Å²) in [5, 5.41) is 0. The van der Waals surface area contributed by atoms with Crippen molar-refractivity contribution >= 4 is 11.8 Å². The van der Waals surface area contributed by atoms with Crippen molar-refractivity contribution in [1.29, 1.82) is 0 Å². The number of alkyl halides is 3. The Morgan fingerprint density at radius 3 is 1.93 bits per heavy atom. The Morgan fingerprint density at radius 1 is 1.13 bits per heavy atom. The van der Waals surface area contributed by atoms with E-state index >= 15 is 0 Å². The molecule has 6 heteroatoms. The first-order valence-corrected chi connectivity index (χ1v) is 5.03. The lowest BCUT2D eigenvalue weighted by Gasteiger charge is -2.34. The fourth-order valence-electron chi connectivity index (χ4n) is 1.15. The zero-order chi connectivity index (χ0) is 12.3. The lowest BCUT2D eigenvalue weighted by atomic mass is 10.1. The lowest BCUT2D eigenvalue weighted by Crippen LogP contribution is -2.45. The van der Waals surface area contributed by atoms with Crippen molar-refractivity contribution in [2.75, 3.05) is 27.2 Å². The second-order valence-corrected chi connectivity index (χ2v) is 4.90. The van der Waals surface area contributed by atoms with Gasteiger partial charge in [0, 0.05) is 25.7 Å². The maximum absolute atomic E-state index is 11.9. The maximum atomic E-state index is 11.9. The fourth-order valence-corrected chi connectivity index (χ4v) is 1.21. The van der Waals surface area contributed by atoms with Gasteiger partial charge in [-0.3, -0.25) is 0 Å². The second kappa shape index (κ2) is 5.37. The molecule has 0 spiro atoms. The van der Waals surface area contributed by atoms with E-state index in [1.165, 1.54) is 4.42 Å². The fraction of sp³-hybridized carbons (Fsp3) is 1.00. The third-order valence-corrected chi connectivity index (χ3v) is 2.73. The van der Waals surface area contributed by atoms with Gasteiger partial charge in [-0.05, 0) is 32.7 Å². The molecule has 0 rings (SSSR count). The zero-order valence-corrected chi connectivity index (χ0v) is 10.3. The van der Waals surface area contributed by atoms with Gasteiger partial charge in [0.15, 0.2) is 0 Å². The first kappa shape index (κ1) is 15.0. The quantitative estimate of drug-likeness (QED) is 0.689. The molecular formula is C9H18ClF3N2. The third-order valence-electron chi connectivity index (χ3n) is 2.27. The summed E-state index contributed by atoms with van der Waals surface area (Å²) in [6, 6.07) is 0. The van der Waals surface area contributed by atoms with Crippen LogP contribution in [0.1, 0.15) is 20.3 Å². The van der Waals surface area contributed by atoms with Crippen LogP contribution in [0.5, 0.6) is 0 Å². The Balaban J connectivity index is 3.99. The number of rotatable bonds is 5. The molecule has 0 radical (unpaired) electrons. The predicted molar refractivity (Wildman–Crippen MR) is 55.9 cm³/mol. The van der Waals surface area contributed by atoms with Gasteiger partial charge in [-0.25, -0.2) is 4.42 Å². The lowest BCUT2D eigenvalue weighted by molar-refractivity contribution is -0.137. The highest BCUT2D eigenvalue weighted by Crippen LogP contribution is 2.21. The van der Waals surface area contributed by atoms with Crippen molar-refractivity contribution in [2.45, 2.75) is 32.0 Å². The minimum Gasteiger partial charge on any atom is -0.304 e.